The van der Waals surface area contributed by atoms with Crippen LogP contribution < -0.4 is 10.6 Å². The van der Waals surface area contributed by atoms with Crippen LogP contribution in [0.25, 0.3) is 24.6 Å². The number of aliphatic carboxylic acids is 6. The van der Waals surface area contributed by atoms with Crippen LogP contribution in [-0.4, -0.2) is 148 Å². The molecule has 0 aromatic carbocycles. The molecule has 64 heavy (non-hydrogen) atoms. The molecule has 4 aliphatic rings. The first-order valence-electron chi connectivity index (χ1n) is 17.2. The molecule has 2 saturated carbocycles. The van der Waals surface area contributed by atoms with Gasteiger partial charge >= 0.3 is 78.2 Å². The van der Waals surface area contributed by atoms with Gasteiger partial charge in [-0.15, -0.1) is 0 Å². The molecule has 2 fully saturated rings. The van der Waals surface area contributed by atoms with Gasteiger partial charge < -0.3 is 76.1 Å². The normalized spacial score (nSPS) is 14.3. The van der Waals surface area contributed by atoms with Crippen molar-refractivity contribution in [2.45, 2.75) is 78.1 Å². The molecule has 30 heteroatoms. The van der Waals surface area contributed by atoms with Gasteiger partial charge in [0.25, 0.3) is 35.6 Å². The first kappa shape index (κ1) is 75.7. The summed E-state index contributed by atoms with van der Waals surface area (Å²) >= 11 is 0. The van der Waals surface area contributed by atoms with Crippen molar-refractivity contribution in [1.82, 2.24) is 20.4 Å². The molecule has 0 atom stereocenters. The molecule has 0 aromatic heterocycles. The van der Waals surface area contributed by atoms with Gasteiger partial charge in [0, 0.05) is 64.3 Å². The molecule has 2 aliphatic heterocycles. The van der Waals surface area contributed by atoms with Crippen molar-refractivity contribution in [3.63, 3.8) is 0 Å². The van der Waals surface area contributed by atoms with Gasteiger partial charge in [-0.25, -0.2) is 9.59 Å². The van der Waals surface area contributed by atoms with E-state index in [4.69, 9.17) is 50.4 Å². The Hall–Kier alpha value is -5.66. The van der Waals surface area contributed by atoms with E-state index in [9.17, 15) is 47.9 Å². The molecule has 0 saturated heterocycles. The molecule has 372 valence electrons. The Balaban J connectivity index is -0.000000101. The summed E-state index contributed by atoms with van der Waals surface area (Å²) in [5.41, 5.74) is -2.89. The Morgan fingerprint density at radius 3 is 0.938 bits per heavy atom. The van der Waals surface area contributed by atoms with Crippen molar-refractivity contribution < 1.29 is 141 Å². The molecule has 28 nitrogen and oxygen atoms in total. The minimum absolute atomic E-state index is 0. The van der Waals surface area contributed by atoms with E-state index in [1.165, 1.54) is 17.1 Å². The van der Waals surface area contributed by atoms with Crippen molar-refractivity contribution in [1.29, 1.82) is 0 Å². The second-order valence-corrected chi connectivity index (χ2v) is 12.3. The number of carboxylic acid groups (broad SMARTS) is 8. The molecule has 0 bridgehead atoms. The fourth-order valence-electron chi connectivity index (χ4n) is 4.62. The number of carbonyl (C=O) groups excluding carboxylic acids is 4. The van der Waals surface area contributed by atoms with Gasteiger partial charge in [-0.3, -0.25) is 57.7 Å². The van der Waals surface area contributed by atoms with E-state index in [0.717, 1.165) is 56.6 Å². The van der Waals surface area contributed by atoms with Crippen LogP contribution in [0, 0.1) is 10.8 Å². The van der Waals surface area contributed by atoms with Crippen molar-refractivity contribution in [3.8, 4) is 0 Å². The van der Waals surface area contributed by atoms with E-state index < -0.39 is 70.6 Å². The molecule has 0 spiro atoms. The van der Waals surface area contributed by atoms with E-state index >= 15 is 0 Å². The third-order valence-electron chi connectivity index (χ3n) is 8.05. The molecule has 4 rings (SSSR count). The zero-order chi connectivity index (χ0) is 45.2. The Bertz CT molecular complexity index is 1490. The minimum Gasteiger partial charge on any atom is -0.693 e. The maximum atomic E-state index is 11.2. The van der Waals surface area contributed by atoms with Crippen molar-refractivity contribution in [3.05, 3.63) is 48.9 Å². The Kier molecular flexibility index (Phi) is 46.1. The quantitative estimate of drug-likeness (QED) is 0.0674. The van der Waals surface area contributed by atoms with Crippen LogP contribution in [-0.2, 0) is 90.1 Å². The largest absolute Gasteiger partial charge is 2.00 e. The number of rotatable bonds is 14. The number of nitrogens with one attached hydrogen (secondary N) is 2. The summed E-state index contributed by atoms with van der Waals surface area (Å²) in [6.45, 7) is 3.17. The maximum Gasteiger partial charge on any atom is 2.00 e. The monoisotopic (exact) mass is 1290 g/mol. The molecule has 6 amide bonds. The van der Waals surface area contributed by atoms with Gasteiger partial charge in [0.2, 0.25) is 0 Å². The van der Waals surface area contributed by atoms with Crippen molar-refractivity contribution in [2.24, 2.45) is 10.8 Å². The van der Waals surface area contributed by atoms with E-state index in [-0.39, 0.29) is 117 Å². The SMILES string of the molecule is CC(=O)O.CC(=O)O.O=C(O)C1(C(=O)O)CCC1.O=C(O)C1(C(=O)O)CCC1.O=C(O)NCCCCCCN1C(=O)C=CC1=O.O=C(O)NCCN1C(=O)C=CC1=O.[NH2-].[NH2-].[NH2-].[NH2-].[Pt+2].[Pt+2]. The van der Waals surface area contributed by atoms with Crippen LogP contribution in [0.5, 0.6) is 0 Å². The van der Waals surface area contributed by atoms with Crippen LogP contribution >= 0.6 is 0 Å². The topological polar surface area (TPSA) is 531 Å². The van der Waals surface area contributed by atoms with Gasteiger partial charge in [-0.05, 0) is 51.4 Å². The molecular weight excluding hydrogens is 1230 g/mol. The number of nitrogens with zero attached hydrogens (tertiary/aromatic N) is 2. The number of hydrogen-bond donors (Lipinski definition) is 10. The summed E-state index contributed by atoms with van der Waals surface area (Å²) in [7, 11) is 0. The zero-order valence-electron chi connectivity index (χ0n) is 34.5. The third kappa shape index (κ3) is 29.6. The van der Waals surface area contributed by atoms with Gasteiger partial charge in [0.05, 0.1) is 0 Å². The fraction of sp³-hybridized carbons (Fsp3) is 0.529. The van der Waals surface area contributed by atoms with E-state index in [0.29, 0.717) is 25.9 Å². The number of amides is 6. The van der Waals surface area contributed by atoms with E-state index in [1.54, 1.807) is 0 Å². The number of imide groups is 2. The molecule has 0 aromatic rings. The number of unbranched alkanes of at least 4 members (excludes halogenated alkanes) is 3. The predicted octanol–water partition coefficient (Wildman–Crippen LogP) is 3.62. The van der Waals surface area contributed by atoms with Crippen molar-refractivity contribution in [2.75, 3.05) is 26.2 Å². The third-order valence-corrected chi connectivity index (χ3v) is 8.05. The first-order valence-corrected chi connectivity index (χ1v) is 17.2. The van der Waals surface area contributed by atoms with Crippen LogP contribution in [0.15, 0.2) is 24.3 Å². The Morgan fingerprint density at radius 2 is 0.719 bits per heavy atom. The summed E-state index contributed by atoms with van der Waals surface area (Å²) in [4.78, 5) is 126. The number of hydrogen-bond acceptors (Lipinski definition) is 12. The van der Waals surface area contributed by atoms with Gasteiger partial charge in [-0.1, -0.05) is 12.8 Å². The molecular formula is C34H56N8O20Pt2. The molecule has 2 heterocycles. The zero-order valence-corrected chi connectivity index (χ0v) is 39.1. The van der Waals surface area contributed by atoms with Crippen molar-refractivity contribution >= 4 is 71.6 Å². The second-order valence-electron chi connectivity index (χ2n) is 12.3. The van der Waals surface area contributed by atoms with Crippen LogP contribution in [0.2, 0.25) is 0 Å². The summed E-state index contributed by atoms with van der Waals surface area (Å²) in [5.74, 6) is -7.78. The summed E-state index contributed by atoms with van der Waals surface area (Å²) < 4.78 is 0. The van der Waals surface area contributed by atoms with E-state index in [1.807, 2.05) is 0 Å². The molecule has 18 N–H and O–H groups in total. The van der Waals surface area contributed by atoms with Gasteiger partial charge in [-0.2, -0.15) is 0 Å². The number of carbonyl (C=O) groups is 12. The number of nitrogens with two attached hydrogens (primary N) is 4. The molecule has 0 radical (unpaired) electrons. The predicted molar refractivity (Wildman–Crippen MR) is 213 cm³/mol. The fourth-order valence-corrected chi connectivity index (χ4v) is 4.62. The van der Waals surface area contributed by atoms with Gasteiger partial charge in [0.15, 0.2) is 10.8 Å². The smallest absolute Gasteiger partial charge is 0.693 e. The first-order chi connectivity index (χ1) is 26.9. The number of carboxylic acids is 6. The summed E-state index contributed by atoms with van der Waals surface area (Å²) in [6.07, 6.45) is 8.48. The second kappa shape index (κ2) is 39.0. The molecule has 2 aliphatic carbocycles. The molecule has 0 unspecified atom stereocenters. The van der Waals surface area contributed by atoms with Gasteiger partial charge in [0.1, 0.15) is 0 Å². The maximum absolute atomic E-state index is 11.2. The standard InChI is InChI=1S/C11H16N2O4.C7H8N2O4.2C6H8O4.2C2H4O2.4H2N.2Pt/c14-9-5-6-10(15)13(9)8-4-2-1-3-7-12-11(16)17;10-5-1-2-6(11)9(5)4-3-8-7(12)13;2*7-4(8)6(5(9)10)2-1-3-6;2*1-2(3)4;;;;;;/h5-6,12H,1-4,7-8H2,(H,16,17);1-2,8H,3-4H2,(H,12,13);2*1-3H2,(H,7,8)(H,9,10);2*1H3,(H,3,4);4*1H2;;/q;;;;;;4*-1;2*+2. The van der Waals surface area contributed by atoms with Crippen LogP contribution in [0.3, 0.4) is 0 Å². The summed E-state index contributed by atoms with van der Waals surface area (Å²) in [5, 5.41) is 69.6. The Labute approximate surface area is 395 Å². The average molecular weight is 1290 g/mol. The van der Waals surface area contributed by atoms with Crippen LogP contribution in [0.1, 0.15) is 78.1 Å². The average Bonchev–Trinajstić information content (AvgIpc) is 3.53. The van der Waals surface area contributed by atoms with E-state index in [2.05, 4.69) is 10.6 Å². The summed E-state index contributed by atoms with van der Waals surface area (Å²) in [6, 6.07) is 0. The minimum atomic E-state index is -1.44. The Morgan fingerprint density at radius 1 is 0.469 bits per heavy atom. The van der Waals surface area contributed by atoms with Crippen LogP contribution in [0.4, 0.5) is 9.59 Å².